The van der Waals surface area contributed by atoms with E-state index in [-0.39, 0.29) is 96.0 Å². The van der Waals surface area contributed by atoms with Gasteiger partial charge in [-0.25, -0.2) is 14.4 Å². The summed E-state index contributed by atoms with van der Waals surface area (Å²) in [7, 11) is 3.30. The normalized spacial score (nSPS) is 14.6. The molecule has 3 N–H and O–H groups in total. The molecule has 476 valence electrons. The number of halogens is 2. The summed E-state index contributed by atoms with van der Waals surface area (Å²) in [6.07, 6.45) is 1.30. The number of benzene rings is 4. The van der Waals surface area contributed by atoms with E-state index in [9.17, 15) is 24.3 Å². The van der Waals surface area contributed by atoms with Gasteiger partial charge in [-0.05, 0) is 78.0 Å². The zero-order valence-electron chi connectivity index (χ0n) is 50.7. The molecule has 2 atom stereocenters. The van der Waals surface area contributed by atoms with Crippen LogP contribution in [0.4, 0.5) is 16.2 Å². The van der Waals surface area contributed by atoms with Crippen LogP contribution in [0.25, 0.3) is 43.2 Å². The Balaban J connectivity index is 0.593. The van der Waals surface area contributed by atoms with Crippen LogP contribution in [0, 0.1) is 12.7 Å². The van der Waals surface area contributed by atoms with Crippen molar-refractivity contribution in [1.82, 2.24) is 40.1 Å². The highest BCUT2D eigenvalue weighted by Gasteiger charge is 2.36. The molecule has 0 saturated carbocycles. The Morgan fingerprint density at radius 1 is 0.865 bits per heavy atom. The van der Waals surface area contributed by atoms with Crippen molar-refractivity contribution in [3.05, 3.63) is 100 Å². The Labute approximate surface area is 524 Å². The molecule has 2 fully saturated rings. The van der Waals surface area contributed by atoms with Crippen LogP contribution < -0.4 is 25.0 Å². The van der Waals surface area contributed by atoms with Gasteiger partial charge in [0.25, 0.3) is 5.88 Å². The Hall–Kier alpha value is -7.78. The predicted molar refractivity (Wildman–Crippen MR) is 334 cm³/mol. The van der Waals surface area contributed by atoms with Gasteiger partial charge in [0.05, 0.1) is 107 Å². The Morgan fingerprint density at radius 2 is 1.56 bits per heavy atom. The Morgan fingerprint density at radius 3 is 2.25 bits per heavy atom. The smallest absolute Gasteiger partial charge is 0.254 e. The molecule has 2 aliphatic rings. The molecule has 4 aromatic carbocycles. The molecule has 9 rings (SSSR count). The number of hydrogen-bond acceptors (Lipinski definition) is 20. The fourth-order valence-electron chi connectivity index (χ4n) is 10.7. The lowest BCUT2D eigenvalue weighted by atomic mass is 9.96. The number of carbonyl (C=O) groups is 4. The summed E-state index contributed by atoms with van der Waals surface area (Å²) in [6, 6.07) is 18.6. The van der Waals surface area contributed by atoms with Crippen LogP contribution in [0.5, 0.6) is 17.4 Å². The van der Waals surface area contributed by atoms with E-state index in [1.807, 2.05) is 66.7 Å². The fourth-order valence-corrected chi connectivity index (χ4v) is 11.8. The summed E-state index contributed by atoms with van der Waals surface area (Å²) in [5.41, 5.74) is 5.09. The Kier molecular flexibility index (Phi) is 23.7. The number of nitrogens with one attached hydrogen (secondary N) is 2. The minimum Gasteiger partial charge on any atom is -0.508 e. The van der Waals surface area contributed by atoms with Gasteiger partial charge in [-0.2, -0.15) is 4.98 Å². The number of aromatic hydroxyl groups is 1. The summed E-state index contributed by atoms with van der Waals surface area (Å²) < 4.78 is 61.8. The van der Waals surface area contributed by atoms with Crippen LogP contribution in [0.2, 0.25) is 5.02 Å². The summed E-state index contributed by atoms with van der Waals surface area (Å²) >= 11 is 8.43. The second-order valence-corrected chi connectivity index (χ2v) is 22.7. The third-order valence-electron chi connectivity index (χ3n) is 15.4. The number of hydrogen-bond donors (Lipinski definition) is 3. The number of aryl methyl sites for hydroxylation is 1. The number of amides is 4. The number of phenolic OH excluding ortho intramolecular Hbond substituents is 1. The molecule has 2 saturated heterocycles. The molecule has 0 spiro atoms. The van der Waals surface area contributed by atoms with E-state index >= 15 is 4.39 Å². The zero-order valence-corrected chi connectivity index (χ0v) is 52.3. The van der Waals surface area contributed by atoms with Gasteiger partial charge in [0.1, 0.15) is 41.2 Å². The molecule has 89 heavy (non-hydrogen) atoms. The number of piperazine rings is 1. The lowest BCUT2D eigenvalue weighted by molar-refractivity contribution is -0.138. The average molecular weight is 1270 g/mol. The summed E-state index contributed by atoms with van der Waals surface area (Å²) in [4.78, 5) is 73.9. The summed E-state index contributed by atoms with van der Waals surface area (Å²) in [5.74, 6) is 0.410. The van der Waals surface area contributed by atoms with E-state index in [0.29, 0.717) is 151 Å². The first-order chi connectivity index (χ1) is 43.2. The van der Waals surface area contributed by atoms with Crippen LogP contribution >= 0.6 is 22.9 Å². The molecule has 26 heteroatoms. The number of rotatable bonds is 32. The SMILES string of the molecule is COc1cc(-c2scnc2C)ccc1[C@H](C)NC(=O)[C@@H]1CCCN1C(=O)Cc1cc(OCCOCCOCCOCCOCCOCCN(C)C(=O)CCNc2nc(N3CCN(C(C)=O)CC3)c3cc(Cl)c(-c4cc(O)cc5ccccc45)c(F)c3n2)no1. The number of nitrogens with zero attached hydrogens (tertiary/aromatic N) is 8. The second-order valence-electron chi connectivity index (χ2n) is 21.4. The van der Waals surface area contributed by atoms with Crippen molar-refractivity contribution < 1.29 is 66.4 Å². The van der Waals surface area contributed by atoms with Crippen molar-refractivity contribution >= 4 is 80.0 Å². The molecule has 0 radical (unpaired) electrons. The Bertz CT molecular complexity index is 3550. The van der Waals surface area contributed by atoms with E-state index in [4.69, 9.17) is 54.3 Å². The van der Waals surface area contributed by atoms with E-state index in [1.165, 1.54) is 13.0 Å². The van der Waals surface area contributed by atoms with Gasteiger partial charge in [-0.15, -0.1) is 11.3 Å². The minimum absolute atomic E-state index is 0.0171. The third kappa shape index (κ3) is 17.3. The summed E-state index contributed by atoms with van der Waals surface area (Å²) in [5, 5.41) is 22.7. The second kappa shape index (κ2) is 32.1. The molecule has 0 bridgehead atoms. The number of carbonyl (C=O) groups excluding carboxylic acids is 4. The first-order valence-corrected chi connectivity index (χ1v) is 31.0. The molecule has 5 heterocycles. The van der Waals surface area contributed by atoms with Crippen molar-refractivity contribution in [2.45, 2.75) is 58.5 Å². The van der Waals surface area contributed by atoms with Gasteiger partial charge in [-0.1, -0.05) is 48.0 Å². The van der Waals surface area contributed by atoms with Gasteiger partial charge in [0.15, 0.2) is 5.82 Å². The predicted octanol–water partition coefficient (Wildman–Crippen LogP) is 7.88. The maximum atomic E-state index is 17.0. The topological polar surface area (TPSA) is 255 Å². The fraction of sp³-hybridized carbons (Fsp3) is 0.460. The molecule has 7 aromatic rings. The molecular weight excluding hydrogens is 1190 g/mol. The zero-order chi connectivity index (χ0) is 62.8. The van der Waals surface area contributed by atoms with Gasteiger partial charge in [0.2, 0.25) is 29.6 Å². The highest BCUT2D eigenvalue weighted by atomic mass is 35.5. The molecule has 2 aliphatic heterocycles. The first kappa shape index (κ1) is 65.7. The minimum atomic E-state index is -0.683. The molecule has 4 amide bonds. The largest absolute Gasteiger partial charge is 0.508 e. The molecular formula is C63H76ClFN10O13S. The lowest BCUT2D eigenvalue weighted by Crippen LogP contribution is -2.48. The molecule has 3 aromatic heterocycles. The number of thiazole rings is 1. The van der Waals surface area contributed by atoms with Crippen LogP contribution in [0.3, 0.4) is 0 Å². The monoisotopic (exact) mass is 1270 g/mol. The van der Waals surface area contributed by atoms with Crippen LogP contribution in [0.15, 0.2) is 76.8 Å². The number of ether oxygens (including phenoxy) is 7. The van der Waals surface area contributed by atoms with Crippen molar-refractivity contribution in [3.8, 4) is 38.9 Å². The number of likely N-dealkylation sites (N-methyl/N-ethyl adjacent to an activating group) is 1. The summed E-state index contributed by atoms with van der Waals surface area (Å²) in [6.45, 7) is 11.9. The van der Waals surface area contributed by atoms with Crippen molar-refractivity contribution in [2.24, 2.45) is 0 Å². The van der Waals surface area contributed by atoms with Crippen molar-refractivity contribution in [3.63, 3.8) is 0 Å². The maximum absolute atomic E-state index is 17.0. The lowest BCUT2D eigenvalue weighted by Gasteiger charge is -2.35. The molecule has 23 nitrogen and oxygen atoms in total. The highest BCUT2D eigenvalue weighted by molar-refractivity contribution is 7.13. The van der Waals surface area contributed by atoms with Gasteiger partial charge in [0, 0.05) is 88.8 Å². The van der Waals surface area contributed by atoms with E-state index in [1.54, 1.807) is 58.4 Å². The number of methoxy groups -OCH3 is 1. The highest BCUT2D eigenvalue weighted by Crippen LogP contribution is 2.43. The number of fused-ring (bicyclic) bond motifs is 2. The van der Waals surface area contributed by atoms with E-state index in [2.05, 4.69) is 25.8 Å². The third-order valence-corrected chi connectivity index (χ3v) is 16.7. The van der Waals surface area contributed by atoms with E-state index < -0.39 is 11.9 Å². The van der Waals surface area contributed by atoms with Crippen molar-refractivity contribution in [1.29, 1.82) is 0 Å². The number of aromatic nitrogens is 4. The maximum Gasteiger partial charge on any atom is 0.254 e. The van der Waals surface area contributed by atoms with E-state index in [0.717, 1.165) is 21.7 Å². The number of likely N-dealkylation sites (tertiary alicyclic amines) is 1. The van der Waals surface area contributed by atoms with Crippen LogP contribution in [-0.2, 0) is 49.3 Å². The number of phenols is 1. The van der Waals surface area contributed by atoms with Gasteiger partial charge >= 0.3 is 0 Å². The van der Waals surface area contributed by atoms with Gasteiger partial charge < -0.3 is 73.0 Å². The van der Waals surface area contributed by atoms with Crippen LogP contribution in [0.1, 0.15) is 56.2 Å². The quantitative estimate of drug-likeness (QED) is 0.0339. The first-order valence-electron chi connectivity index (χ1n) is 29.7. The molecule has 0 unspecified atom stereocenters. The van der Waals surface area contributed by atoms with Crippen molar-refractivity contribution in [2.75, 3.05) is 143 Å². The van der Waals surface area contributed by atoms with Crippen LogP contribution in [-0.4, -0.2) is 202 Å². The van der Waals surface area contributed by atoms with Gasteiger partial charge in [-0.3, -0.25) is 19.2 Å². The average Bonchev–Trinajstić information content (AvgIpc) is 1.43. The number of anilines is 2. The standard InChI is InChI=1S/C63H76ClFN10O13S/c1-40(47-13-12-44(34-53(47)81-5)60-41(2)67-39-89-60)68-62(80)52-11-8-16-75(52)56(79)37-46-36-54(71-88-46)87-32-31-86-30-29-85-28-27-84-26-25-83-24-23-82-22-21-72(4)55(78)14-15-66-63-69-59-50(61(70-63)74-19-17-73(18-20-74)42(3)76)38-51(64)57(58(59)65)49-35-45(77)33-43-9-6-7-10-48(43)49/h6-7,9-10,12-13,33-36,38-40,52,77H,8,11,14-32,37H2,1-5H3,(H,68,80)(H,66,69,70)/t40-,52-/m0/s1. The molecule has 0 aliphatic carbocycles.